The molecule has 0 saturated carbocycles. The average Bonchev–Trinajstić information content (AvgIpc) is 3.28. The lowest BCUT2D eigenvalue weighted by molar-refractivity contribution is -0.133. The topological polar surface area (TPSA) is 82.1 Å². The van der Waals surface area contributed by atoms with Crippen LogP contribution in [0.2, 0.25) is 0 Å². The number of hydrogen-bond donors (Lipinski definition) is 2. The lowest BCUT2D eigenvalue weighted by Gasteiger charge is -2.23. The zero-order valence-corrected chi connectivity index (χ0v) is 14.3. The molecule has 2 N–H and O–H groups in total. The van der Waals surface area contributed by atoms with Crippen molar-refractivity contribution in [2.75, 3.05) is 6.61 Å². The Bertz CT molecular complexity index is 893. The fourth-order valence-electron chi connectivity index (χ4n) is 3.50. The van der Waals surface area contributed by atoms with E-state index in [1.165, 1.54) is 0 Å². The number of benzene rings is 1. The van der Waals surface area contributed by atoms with Gasteiger partial charge in [-0.3, -0.25) is 14.9 Å². The van der Waals surface area contributed by atoms with Crippen molar-refractivity contribution in [1.29, 1.82) is 0 Å². The number of aliphatic hydroxyl groups excluding tert-OH is 1. The van der Waals surface area contributed by atoms with Crippen molar-refractivity contribution in [2.24, 2.45) is 0 Å². The van der Waals surface area contributed by atoms with Crippen LogP contribution < -0.4 is 0 Å². The summed E-state index contributed by atoms with van der Waals surface area (Å²) >= 11 is 0. The van der Waals surface area contributed by atoms with E-state index in [2.05, 4.69) is 15.2 Å². The van der Waals surface area contributed by atoms with Gasteiger partial charge in [0.05, 0.1) is 30.4 Å². The number of fused-ring (bicyclic) bond motifs is 1. The number of carbonyl (C=O) groups excluding carboxylic acids is 1. The molecule has 4 rings (SSSR count). The summed E-state index contributed by atoms with van der Waals surface area (Å²) in [6.45, 7) is 1.01. The van der Waals surface area contributed by atoms with Gasteiger partial charge in [-0.2, -0.15) is 5.10 Å². The van der Waals surface area contributed by atoms with E-state index in [1.54, 1.807) is 12.4 Å². The maximum absolute atomic E-state index is 13.1. The second-order valence-corrected chi connectivity index (χ2v) is 6.44. The summed E-state index contributed by atoms with van der Waals surface area (Å²) in [6, 6.07) is 13.5. The van der Waals surface area contributed by atoms with Gasteiger partial charge in [0, 0.05) is 30.1 Å². The Morgan fingerprint density at radius 1 is 1.19 bits per heavy atom. The second-order valence-electron chi connectivity index (χ2n) is 6.44. The molecule has 0 fully saturated rings. The third-order valence-corrected chi connectivity index (χ3v) is 4.82. The summed E-state index contributed by atoms with van der Waals surface area (Å²) in [7, 11) is 0. The molecule has 1 aliphatic heterocycles. The van der Waals surface area contributed by atoms with Crippen LogP contribution in [0.25, 0.3) is 11.3 Å². The predicted molar refractivity (Wildman–Crippen MR) is 104 cm³/mol. The molecule has 0 saturated heterocycles. The van der Waals surface area contributed by atoms with Crippen LogP contribution in [0.5, 0.6) is 0 Å². The number of hydrogen-bond acceptors (Lipinski definition) is 4. The molecule has 140 valence electrons. The van der Waals surface area contributed by atoms with E-state index in [0.717, 1.165) is 28.1 Å². The van der Waals surface area contributed by atoms with Gasteiger partial charge in [-0.15, -0.1) is 0 Å². The van der Waals surface area contributed by atoms with Crippen molar-refractivity contribution in [3.8, 4) is 11.3 Å². The van der Waals surface area contributed by atoms with E-state index in [1.807, 2.05) is 47.4 Å². The van der Waals surface area contributed by atoms with Crippen LogP contribution in [0.1, 0.15) is 36.6 Å². The van der Waals surface area contributed by atoms with Crippen LogP contribution in [-0.4, -0.2) is 37.7 Å². The van der Waals surface area contributed by atoms with Gasteiger partial charge in [-0.1, -0.05) is 37.8 Å². The standard InChI is InChI=1S/C20H20N4O2.CH4/c25-10-8-16(14-5-2-1-3-6-14)20(26)24-12-17-18(13-24)22-23-19(17)15-7-4-9-21-11-15;/h1-7,9,11,16,25H,8,10,12-13H2,(H,22,23);1H4. The van der Waals surface area contributed by atoms with Crippen LogP contribution in [0.15, 0.2) is 54.9 Å². The number of nitrogens with zero attached hydrogens (tertiary/aromatic N) is 3. The Labute approximate surface area is 158 Å². The fourth-order valence-corrected chi connectivity index (χ4v) is 3.50. The first-order valence-electron chi connectivity index (χ1n) is 8.69. The minimum atomic E-state index is -0.333. The number of carbonyl (C=O) groups is 1. The highest BCUT2D eigenvalue weighted by Crippen LogP contribution is 2.33. The highest BCUT2D eigenvalue weighted by atomic mass is 16.3. The molecule has 0 bridgehead atoms. The molecule has 3 aromatic rings. The van der Waals surface area contributed by atoms with Crippen molar-refractivity contribution in [2.45, 2.75) is 32.9 Å². The predicted octanol–water partition coefficient (Wildman–Crippen LogP) is 3.12. The number of nitrogens with one attached hydrogen (secondary N) is 1. The van der Waals surface area contributed by atoms with E-state index < -0.39 is 0 Å². The zero-order valence-electron chi connectivity index (χ0n) is 14.3. The third kappa shape index (κ3) is 3.61. The molecular weight excluding hydrogens is 340 g/mol. The molecule has 1 unspecified atom stereocenters. The lowest BCUT2D eigenvalue weighted by Crippen LogP contribution is -2.31. The van der Waals surface area contributed by atoms with Crippen LogP contribution in [0, 0.1) is 0 Å². The Hall–Kier alpha value is -2.99. The Morgan fingerprint density at radius 2 is 2.00 bits per heavy atom. The summed E-state index contributed by atoms with van der Waals surface area (Å²) < 4.78 is 0. The van der Waals surface area contributed by atoms with E-state index in [-0.39, 0.29) is 25.9 Å². The van der Waals surface area contributed by atoms with Crippen LogP contribution >= 0.6 is 0 Å². The molecule has 0 aliphatic carbocycles. The van der Waals surface area contributed by atoms with E-state index in [0.29, 0.717) is 19.5 Å². The quantitative estimate of drug-likeness (QED) is 0.729. The van der Waals surface area contributed by atoms with Gasteiger partial charge in [0.15, 0.2) is 0 Å². The molecule has 0 radical (unpaired) electrons. The van der Waals surface area contributed by atoms with E-state index >= 15 is 0 Å². The number of amides is 1. The van der Waals surface area contributed by atoms with Gasteiger partial charge in [-0.05, 0) is 24.1 Å². The van der Waals surface area contributed by atoms with Crippen LogP contribution in [-0.2, 0) is 17.9 Å². The van der Waals surface area contributed by atoms with Gasteiger partial charge in [0.2, 0.25) is 5.91 Å². The fraction of sp³-hybridized carbons (Fsp3) is 0.286. The van der Waals surface area contributed by atoms with Gasteiger partial charge in [-0.25, -0.2) is 0 Å². The van der Waals surface area contributed by atoms with Crippen LogP contribution in [0.3, 0.4) is 0 Å². The van der Waals surface area contributed by atoms with Crippen molar-refractivity contribution in [3.63, 3.8) is 0 Å². The number of pyridine rings is 1. The Balaban J connectivity index is 0.00000210. The SMILES string of the molecule is C.O=C(C(CCO)c1ccccc1)N1Cc2[nH]nc(-c3cccnc3)c2C1. The van der Waals surface area contributed by atoms with E-state index in [4.69, 9.17) is 0 Å². The summed E-state index contributed by atoms with van der Waals surface area (Å²) in [6.07, 6.45) is 3.92. The molecule has 6 nitrogen and oxygen atoms in total. The maximum Gasteiger partial charge on any atom is 0.230 e. The molecule has 27 heavy (non-hydrogen) atoms. The van der Waals surface area contributed by atoms with Crippen molar-refractivity contribution in [3.05, 3.63) is 71.7 Å². The number of aliphatic hydroxyl groups is 1. The molecule has 2 aromatic heterocycles. The molecular formula is C21H24N4O2. The Morgan fingerprint density at radius 3 is 2.70 bits per heavy atom. The highest BCUT2D eigenvalue weighted by Gasteiger charge is 2.32. The molecule has 0 spiro atoms. The summed E-state index contributed by atoms with van der Waals surface area (Å²) in [5, 5.41) is 16.9. The van der Waals surface area contributed by atoms with Gasteiger partial charge in [0.1, 0.15) is 0 Å². The molecule has 3 heterocycles. The number of H-pyrrole nitrogens is 1. The number of aromatic amines is 1. The second kappa shape index (κ2) is 8.14. The molecule has 1 atom stereocenters. The number of aromatic nitrogens is 3. The average molecular weight is 364 g/mol. The first kappa shape index (κ1) is 18.8. The molecule has 1 amide bonds. The third-order valence-electron chi connectivity index (χ3n) is 4.82. The molecule has 1 aliphatic rings. The monoisotopic (exact) mass is 364 g/mol. The van der Waals surface area contributed by atoms with Gasteiger partial charge in [0.25, 0.3) is 0 Å². The van der Waals surface area contributed by atoms with Crippen molar-refractivity contribution in [1.82, 2.24) is 20.1 Å². The minimum Gasteiger partial charge on any atom is -0.396 e. The first-order chi connectivity index (χ1) is 12.8. The van der Waals surface area contributed by atoms with Gasteiger partial charge >= 0.3 is 0 Å². The zero-order chi connectivity index (χ0) is 17.9. The summed E-state index contributed by atoms with van der Waals surface area (Å²) in [4.78, 5) is 19.1. The van der Waals surface area contributed by atoms with E-state index in [9.17, 15) is 9.90 Å². The minimum absolute atomic E-state index is 0. The van der Waals surface area contributed by atoms with Gasteiger partial charge < -0.3 is 10.0 Å². The lowest BCUT2D eigenvalue weighted by atomic mass is 9.94. The summed E-state index contributed by atoms with van der Waals surface area (Å²) in [5.74, 6) is -0.299. The Kier molecular flexibility index (Phi) is 5.66. The van der Waals surface area contributed by atoms with Crippen LogP contribution in [0.4, 0.5) is 0 Å². The maximum atomic E-state index is 13.1. The molecule has 6 heteroatoms. The van der Waals surface area contributed by atoms with Crippen molar-refractivity contribution >= 4 is 5.91 Å². The number of rotatable bonds is 5. The first-order valence-corrected chi connectivity index (χ1v) is 8.69. The van der Waals surface area contributed by atoms with Crippen molar-refractivity contribution < 1.29 is 9.90 Å². The largest absolute Gasteiger partial charge is 0.396 e. The molecule has 1 aromatic carbocycles. The smallest absolute Gasteiger partial charge is 0.230 e. The summed E-state index contributed by atoms with van der Waals surface area (Å²) in [5.41, 5.74) is 4.74. The normalized spacial score (nSPS) is 13.7. The highest BCUT2D eigenvalue weighted by molar-refractivity contribution is 5.84.